The van der Waals surface area contributed by atoms with Crippen molar-refractivity contribution in [3.05, 3.63) is 36.0 Å². The lowest BCUT2D eigenvalue weighted by Crippen LogP contribution is -2.42. The smallest absolute Gasteiger partial charge is 0.191 e. The highest BCUT2D eigenvalue weighted by molar-refractivity contribution is 5.80. The molecule has 1 aliphatic heterocycles. The van der Waals surface area contributed by atoms with E-state index in [1.165, 1.54) is 5.56 Å². The maximum absolute atomic E-state index is 5.43. The topological polar surface area (TPSA) is 61.8 Å². The minimum atomic E-state index is 0.453. The number of guanidine groups is 1. The lowest BCUT2D eigenvalue weighted by molar-refractivity contribution is 0.122. The number of anilines is 1. The van der Waals surface area contributed by atoms with Gasteiger partial charge in [0, 0.05) is 44.5 Å². The van der Waals surface area contributed by atoms with Crippen LogP contribution in [0, 0.1) is 0 Å². The normalized spacial score (nSPS) is 19.2. The largest absolute Gasteiger partial charge is 0.378 e. The molecule has 0 atom stereocenters. The van der Waals surface area contributed by atoms with Gasteiger partial charge >= 0.3 is 0 Å². The molecule has 1 aliphatic carbocycles. The molecule has 6 nitrogen and oxygen atoms in total. The SMILES string of the molecule is CN=C(NCc1cccnc1N1CCOCC1)NC1CC=CC1. The van der Waals surface area contributed by atoms with E-state index in [4.69, 9.17) is 4.74 Å². The van der Waals surface area contributed by atoms with Gasteiger partial charge in [0.25, 0.3) is 0 Å². The van der Waals surface area contributed by atoms with E-state index in [9.17, 15) is 0 Å². The molecular weight excluding hydrogens is 290 g/mol. The third-order valence-corrected chi connectivity index (χ3v) is 4.20. The van der Waals surface area contributed by atoms with E-state index in [0.29, 0.717) is 12.6 Å². The predicted molar refractivity (Wildman–Crippen MR) is 92.8 cm³/mol. The lowest BCUT2D eigenvalue weighted by Gasteiger charge is -2.29. The van der Waals surface area contributed by atoms with Crippen molar-refractivity contribution in [2.24, 2.45) is 4.99 Å². The molecule has 0 radical (unpaired) electrons. The lowest BCUT2D eigenvalue weighted by atomic mass is 10.2. The van der Waals surface area contributed by atoms with Crippen molar-refractivity contribution >= 4 is 11.8 Å². The van der Waals surface area contributed by atoms with Gasteiger partial charge in [0.15, 0.2) is 5.96 Å². The van der Waals surface area contributed by atoms with E-state index in [2.05, 4.69) is 43.7 Å². The van der Waals surface area contributed by atoms with E-state index in [1.54, 1.807) is 0 Å². The van der Waals surface area contributed by atoms with Gasteiger partial charge < -0.3 is 20.3 Å². The summed E-state index contributed by atoms with van der Waals surface area (Å²) in [7, 11) is 1.81. The molecule has 0 spiro atoms. The van der Waals surface area contributed by atoms with Crippen LogP contribution in [-0.2, 0) is 11.3 Å². The van der Waals surface area contributed by atoms with Gasteiger partial charge in [-0.3, -0.25) is 4.99 Å². The second-order valence-electron chi connectivity index (χ2n) is 5.80. The molecule has 1 aromatic heterocycles. The van der Waals surface area contributed by atoms with Crippen molar-refractivity contribution in [1.29, 1.82) is 0 Å². The Morgan fingerprint density at radius 1 is 1.35 bits per heavy atom. The zero-order chi connectivity index (χ0) is 15.9. The number of aliphatic imine (C=N–C) groups is 1. The number of nitrogens with one attached hydrogen (secondary N) is 2. The van der Waals surface area contributed by atoms with Crippen LogP contribution in [0.1, 0.15) is 18.4 Å². The quantitative estimate of drug-likeness (QED) is 0.498. The monoisotopic (exact) mass is 315 g/mol. The molecule has 6 heteroatoms. The first-order chi connectivity index (χ1) is 11.4. The van der Waals surface area contributed by atoms with Crippen molar-refractivity contribution in [2.45, 2.75) is 25.4 Å². The Labute approximate surface area is 137 Å². The molecule has 2 heterocycles. The fraction of sp³-hybridized carbons (Fsp3) is 0.529. The molecule has 1 aromatic rings. The number of aromatic nitrogens is 1. The van der Waals surface area contributed by atoms with Gasteiger partial charge in [-0.05, 0) is 18.9 Å². The second-order valence-corrected chi connectivity index (χ2v) is 5.80. The average molecular weight is 315 g/mol. The number of nitrogens with zero attached hydrogens (tertiary/aromatic N) is 3. The number of hydrogen-bond donors (Lipinski definition) is 2. The molecule has 0 aromatic carbocycles. The first kappa shape index (κ1) is 15.8. The Morgan fingerprint density at radius 3 is 2.87 bits per heavy atom. The van der Waals surface area contributed by atoms with E-state index >= 15 is 0 Å². The van der Waals surface area contributed by atoms with Crippen LogP contribution in [0.15, 0.2) is 35.5 Å². The van der Waals surface area contributed by atoms with Crippen LogP contribution in [-0.4, -0.2) is 50.3 Å². The van der Waals surface area contributed by atoms with Crippen LogP contribution in [0.5, 0.6) is 0 Å². The minimum absolute atomic E-state index is 0.453. The summed E-state index contributed by atoms with van der Waals surface area (Å²) in [5, 5.41) is 6.86. The zero-order valence-corrected chi connectivity index (χ0v) is 13.7. The summed E-state index contributed by atoms with van der Waals surface area (Å²) in [4.78, 5) is 11.2. The summed E-state index contributed by atoms with van der Waals surface area (Å²) in [6, 6.07) is 4.56. The molecule has 0 unspecified atom stereocenters. The van der Waals surface area contributed by atoms with E-state index in [1.807, 2.05) is 19.3 Å². The fourth-order valence-electron chi connectivity index (χ4n) is 2.93. The molecule has 23 heavy (non-hydrogen) atoms. The number of pyridine rings is 1. The van der Waals surface area contributed by atoms with Gasteiger partial charge in [-0.1, -0.05) is 18.2 Å². The standard InChI is InChI=1S/C17H25N5O/c1-18-17(21-15-6-2-3-7-15)20-13-14-5-4-8-19-16(14)22-9-11-23-12-10-22/h2-5,8,15H,6-7,9-13H2,1H3,(H2,18,20,21). The first-order valence-corrected chi connectivity index (χ1v) is 8.25. The van der Waals surface area contributed by atoms with Crippen molar-refractivity contribution < 1.29 is 4.74 Å². The summed E-state index contributed by atoms with van der Waals surface area (Å²) in [5.74, 6) is 1.89. The summed E-state index contributed by atoms with van der Waals surface area (Å²) in [6.45, 7) is 4.03. The first-order valence-electron chi connectivity index (χ1n) is 8.25. The highest BCUT2D eigenvalue weighted by Gasteiger charge is 2.16. The molecule has 1 saturated heterocycles. The highest BCUT2D eigenvalue weighted by atomic mass is 16.5. The van der Waals surface area contributed by atoms with Crippen molar-refractivity contribution in [3.63, 3.8) is 0 Å². The van der Waals surface area contributed by atoms with Crippen LogP contribution in [0.3, 0.4) is 0 Å². The third kappa shape index (κ3) is 4.22. The molecule has 0 saturated carbocycles. The van der Waals surface area contributed by atoms with E-state index in [-0.39, 0.29) is 0 Å². The van der Waals surface area contributed by atoms with Crippen molar-refractivity contribution in [1.82, 2.24) is 15.6 Å². The molecule has 2 aliphatic rings. The third-order valence-electron chi connectivity index (χ3n) is 4.20. The van der Waals surface area contributed by atoms with Crippen LogP contribution in [0.2, 0.25) is 0 Å². The summed E-state index contributed by atoms with van der Waals surface area (Å²) < 4.78 is 5.43. The van der Waals surface area contributed by atoms with Crippen LogP contribution < -0.4 is 15.5 Å². The Kier molecular flexibility index (Phi) is 5.47. The molecule has 0 amide bonds. The Morgan fingerprint density at radius 2 is 2.13 bits per heavy atom. The van der Waals surface area contributed by atoms with E-state index in [0.717, 1.165) is 50.9 Å². The molecule has 0 bridgehead atoms. The molecule has 124 valence electrons. The van der Waals surface area contributed by atoms with Gasteiger partial charge in [0.2, 0.25) is 0 Å². The minimum Gasteiger partial charge on any atom is -0.378 e. The number of hydrogen-bond acceptors (Lipinski definition) is 4. The number of rotatable bonds is 4. The second kappa shape index (κ2) is 7.97. The van der Waals surface area contributed by atoms with E-state index < -0.39 is 0 Å². The van der Waals surface area contributed by atoms with Gasteiger partial charge in [-0.2, -0.15) is 0 Å². The molecule has 2 N–H and O–H groups in total. The highest BCUT2D eigenvalue weighted by Crippen LogP contribution is 2.18. The summed E-state index contributed by atoms with van der Waals surface area (Å²) in [6.07, 6.45) is 8.40. The number of ether oxygens (including phenoxy) is 1. The van der Waals surface area contributed by atoms with Crippen LogP contribution >= 0.6 is 0 Å². The Hall–Kier alpha value is -2.08. The maximum Gasteiger partial charge on any atom is 0.191 e. The number of morpholine rings is 1. The average Bonchev–Trinajstić information content (AvgIpc) is 3.12. The fourth-order valence-corrected chi connectivity index (χ4v) is 2.93. The zero-order valence-electron chi connectivity index (χ0n) is 13.7. The van der Waals surface area contributed by atoms with Crippen molar-refractivity contribution in [2.75, 3.05) is 38.3 Å². The van der Waals surface area contributed by atoms with Gasteiger partial charge in [0.05, 0.1) is 13.2 Å². The van der Waals surface area contributed by atoms with Gasteiger partial charge in [-0.15, -0.1) is 0 Å². The van der Waals surface area contributed by atoms with Gasteiger partial charge in [0.1, 0.15) is 5.82 Å². The van der Waals surface area contributed by atoms with Crippen molar-refractivity contribution in [3.8, 4) is 0 Å². The molecular formula is C17H25N5O. The molecule has 1 fully saturated rings. The Bertz CT molecular complexity index is 558. The summed E-state index contributed by atoms with van der Waals surface area (Å²) in [5.41, 5.74) is 1.18. The predicted octanol–water partition coefficient (Wildman–Crippen LogP) is 1.30. The molecule has 3 rings (SSSR count). The van der Waals surface area contributed by atoms with Gasteiger partial charge in [-0.25, -0.2) is 4.98 Å². The maximum atomic E-state index is 5.43. The Balaban J connectivity index is 1.60. The summed E-state index contributed by atoms with van der Waals surface area (Å²) >= 11 is 0. The van der Waals surface area contributed by atoms with Crippen LogP contribution in [0.25, 0.3) is 0 Å². The van der Waals surface area contributed by atoms with Crippen LogP contribution in [0.4, 0.5) is 5.82 Å².